The zero-order valence-corrected chi connectivity index (χ0v) is 14.5. The third kappa shape index (κ3) is 6.88. The van der Waals surface area contributed by atoms with Crippen LogP contribution >= 0.6 is 0 Å². The molecule has 0 radical (unpaired) electrons. The van der Waals surface area contributed by atoms with Crippen LogP contribution < -0.4 is 10.0 Å². The van der Waals surface area contributed by atoms with Gasteiger partial charge in [0.05, 0.1) is 4.90 Å². The Morgan fingerprint density at radius 2 is 1.71 bits per heavy atom. The fourth-order valence-corrected chi connectivity index (χ4v) is 3.17. The summed E-state index contributed by atoms with van der Waals surface area (Å²) in [6.45, 7) is 3.76. The van der Waals surface area contributed by atoms with Gasteiger partial charge < -0.3 is 5.32 Å². The summed E-state index contributed by atoms with van der Waals surface area (Å²) in [5, 5.41) is 1.72. The first-order chi connectivity index (χ1) is 10.9. The lowest BCUT2D eigenvalue weighted by Gasteiger charge is -2.20. The molecule has 0 saturated carbocycles. The predicted octanol–water partition coefficient (Wildman–Crippen LogP) is 2.37. The first-order valence-corrected chi connectivity index (χ1v) is 8.82. The minimum atomic E-state index is -4.56. The third-order valence-electron chi connectivity index (χ3n) is 3.12. The van der Waals surface area contributed by atoms with Gasteiger partial charge in [0.15, 0.2) is 0 Å². The van der Waals surface area contributed by atoms with Crippen molar-refractivity contribution < 1.29 is 26.4 Å². The monoisotopic (exact) mass is 366 g/mol. The van der Waals surface area contributed by atoms with Crippen LogP contribution in [0.2, 0.25) is 0 Å². The van der Waals surface area contributed by atoms with Crippen molar-refractivity contribution in [1.29, 1.82) is 0 Å². The van der Waals surface area contributed by atoms with Crippen LogP contribution in [-0.2, 0) is 14.8 Å². The fourth-order valence-electron chi connectivity index (χ4n) is 1.96. The van der Waals surface area contributed by atoms with Crippen molar-refractivity contribution in [3.05, 3.63) is 29.8 Å². The van der Waals surface area contributed by atoms with Gasteiger partial charge in [-0.15, -0.1) is 0 Å². The molecule has 136 valence electrons. The molecular formula is C15H21F3N2O3S. The van der Waals surface area contributed by atoms with Crippen LogP contribution in [0.3, 0.4) is 0 Å². The quantitative estimate of drug-likeness (QED) is 0.778. The molecule has 0 aliphatic carbocycles. The molecule has 0 aliphatic rings. The highest BCUT2D eigenvalue weighted by Crippen LogP contribution is 2.15. The number of hydrogen-bond donors (Lipinski definition) is 2. The molecule has 0 saturated heterocycles. The highest BCUT2D eigenvalue weighted by molar-refractivity contribution is 7.89. The Balaban J connectivity index is 2.92. The van der Waals surface area contributed by atoms with E-state index in [1.54, 1.807) is 38.2 Å². The second-order valence-corrected chi connectivity index (χ2v) is 7.66. The van der Waals surface area contributed by atoms with Crippen molar-refractivity contribution in [2.45, 2.75) is 44.3 Å². The number of hydrogen-bond acceptors (Lipinski definition) is 3. The van der Waals surface area contributed by atoms with Gasteiger partial charge in [-0.2, -0.15) is 17.9 Å². The highest BCUT2D eigenvalue weighted by Gasteiger charge is 2.31. The highest BCUT2D eigenvalue weighted by atomic mass is 32.2. The molecular weight excluding hydrogens is 345 g/mol. The summed E-state index contributed by atoms with van der Waals surface area (Å²) in [6.07, 6.45) is -4.48. The molecule has 0 aromatic heterocycles. The molecule has 9 heteroatoms. The van der Waals surface area contributed by atoms with Gasteiger partial charge in [0, 0.05) is 0 Å². The first kappa shape index (κ1) is 20.4. The molecule has 1 atom stereocenters. The van der Waals surface area contributed by atoms with Crippen molar-refractivity contribution >= 4 is 15.9 Å². The van der Waals surface area contributed by atoms with Crippen LogP contribution in [0, 0.1) is 12.8 Å². The Labute approximate surface area is 139 Å². The minimum absolute atomic E-state index is 0.0505. The van der Waals surface area contributed by atoms with Gasteiger partial charge in [0.1, 0.15) is 12.6 Å². The summed E-state index contributed by atoms with van der Waals surface area (Å²) < 4.78 is 63.5. The summed E-state index contributed by atoms with van der Waals surface area (Å²) in [6, 6.07) is 4.65. The van der Waals surface area contributed by atoms with Gasteiger partial charge in [-0.25, -0.2) is 8.42 Å². The van der Waals surface area contributed by atoms with Crippen LogP contribution in [0.25, 0.3) is 0 Å². The third-order valence-corrected chi connectivity index (χ3v) is 4.60. The zero-order valence-electron chi connectivity index (χ0n) is 13.6. The molecule has 1 aromatic carbocycles. The number of carbonyl (C=O) groups is 1. The lowest BCUT2D eigenvalue weighted by Crippen LogP contribution is -2.49. The van der Waals surface area contributed by atoms with Gasteiger partial charge in [-0.05, 0) is 31.4 Å². The Morgan fingerprint density at radius 1 is 1.17 bits per heavy atom. The van der Waals surface area contributed by atoms with Crippen molar-refractivity contribution in [2.24, 2.45) is 5.92 Å². The fraction of sp³-hybridized carbons (Fsp3) is 0.533. The molecule has 0 spiro atoms. The number of benzene rings is 1. The van der Waals surface area contributed by atoms with E-state index in [-0.39, 0.29) is 17.2 Å². The molecule has 1 aromatic rings. The smallest absolute Gasteiger partial charge is 0.346 e. The summed E-state index contributed by atoms with van der Waals surface area (Å²) in [7, 11) is -4.01. The summed E-state index contributed by atoms with van der Waals surface area (Å²) in [4.78, 5) is 11.9. The van der Waals surface area contributed by atoms with E-state index in [9.17, 15) is 26.4 Å². The second kappa shape index (κ2) is 7.98. The SMILES string of the molecule is Cc1ccc(S(=O)(=O)NC(CC(C)C)C(=O)NCC(F)(F)F)cc1. The number of nitrogens with one attached hydrogen (secondary N) is 2. The Hall–Kier alpha value is -1.61. The molecule has 1 rings (SSSR count). The standard InChI is InChI=1S/C15H21F3N2O3S/c1-10(2)8-13(14(21)19-9-15(16,17)18)20-24(22,23)12-6-4-11(3)5-7-12/h4-7,10,13,20H,8-9H2,1-3H3,(H,19,21). The van der Waals surface area contributed by atoms with Crippen LogP contribution in [0.4, 0.5) is 13.2 Å². The number of alkyl halides is 3. The molecule has 1 unspecified atom stereocenters. The Morgan fingerprint density at radius 3 is 2.17 bits per heavy atom. The number of aryl methyl sites for hydroxylation is 1. The van der Waals surface area contributed by atoms with Crippen molar-refractivity contribution in [1.82, 2.24) is 10.0 Å². The minimum Gasteiger partial charge on any atom is -0.346 e. The maximum atomic E-state index is 12.3. The van der Waals surface area contributed by atoms with E-state index in [2.05, 4.69) is 4.72 Å². The summed E-state index contributed by atoms with van der Waals surface area (Å²) >= 11 is 0. The maximum absolute atomic E-state index is 12.3. The Kier molecular flexibility index (Phi) is 6.79. The van der Waals surface area contributed by atoms with Crippen molar-refractivity contribution in [2.75, 3.05) is 6.54 Å². The summed E-state index contributed by atoms with van der Waals surface area (Å²) in [5.41, 5.74) is 0.857. The first-order valence-electron chi connectivity index (χ1n) is 7.34. The summed E-state index contributed by atoms with van der Waals surface area (Å²) in [5.74, 6) is -1.09. The number of carbonyl (C=O) groups excluding carboxylic acids is 1. The van der Waals surface area contributed by atoms with E-state index in [1.807, 2.05) is 0 Å². The molecule has 5 nitrogen and oxygen atoms in total. The van der Waals surface area contributed by atoms with Crippen molar-refractivity contribution in [3.8, 4) is 0 Å². The van der Waals surface area contributed by atoms with Gasteiger partial charge in [0.25, 0.3) is 0 Å². The van der Waals surface area contributed by atoms with E-state index in [4.69, 9.17) is 0 Å². The number of halogens is 3. The van der Waals surface area contributed by atoms with Gasteiger partial charge >= 0.3 is 6.18 Å². The van der Waals surface area contributed by atoms with Crippen LogP contribution in [0.1, 0.15) is 25.8 Å². The van der Waals surface area contributed by atoms with E-state index in [0.29, 0.717) is 0 Å². The molecule has 0 heterocycles. The van der Waals surface area contributed by atoms with Crippen LogP contribution in [-0.4, -0.2) is 33.1 Å². The van der Waals surface area contributed by atoms with E-state index in [0.717, 1.165) is 5.56 Å². The lowest BCUT2D eigenvalue weighted by molar-refractivity contribution is -0.139. The van der Waals surface area contributed by atoms with Crippen LogP contribution in [0.15, 0.2) is 29.2 Å². The van der Waals surface area contributed by atoms with Gasteiger partial charge in [0.2, 0.25) is 15.9 Å². The predicted molar refractivity (Wildman–Crippen MR) is 83.8 cm³/mol. The molecule has 0 aliphatic heterocycles. The average molecular weight is 366 g/mol. The number of amides is 1. The molecule has 2 N–H and O–H groups in total. The maximum Gasteiger partial charge on any atom is 0.405 e. The largest absolute Gasteiger partial charge is 0.405 e. The topological polar surface area (TPSA) is 75.3 Å². The normalized spacial score (nSPS) is 13.8. The molecule has 1 amide bonds. The van der Waals surface area contributed by atoms with Crippen molar-refractivity contribution in [3.63, 3.8) is 0 Å². The number of rotatable bonds is 7. The lowest BCUT2D eigenvalue weighted by atomic mass is 10.0. The molecule has 0 bridgehead atoms. The van der Waals surface area contributed by atoms with E-state index >= 15 is 0 Å². The van der Waals surface area contributed by atoms with Gasteiger partial charge in [-0.3, -0.25) is 4.79 Å². The zero-order chi connectivity index (χ0) is 18.5. The Bertz CT molecular complexity index is 656. The van der Waals surface area contributed by atoms with E-state index in [1.165, 1.54) is 12.1 Å². The molecule has 24 heavy (non-hydrogen) atoms. The number of sulfonamides is 1. The average Bonchev–Trinajstić information content (AvgIpc) is 2.43. The van der Waals surface area contributed by atoms with Gasteiger partial charge in [-0.1, -0.05) is 31.5 Å². The molecule has 0 fully saturated rings. The van der Waals surface area contributed by atoms with Crippen LogP contribution in [0.5, 0.6) is 0 Å². The van der Waals surface area contributed by atoms with E-state index < -0.39 is 34.7 Å². The second-order valence-electron chi connectivity index (χ2n) is 5.95.